The highest BCUT2D eigenvalue weighted by Gasteiger charge is 2.26. The van der Waals surface area contributed by atoms with Gasteiger partial charge in [-0.05, 0) is 31.0 Å². The van der Waals surface area contributed by atoms with Crippen LogP contribution in [-0.4, -0.2) is 43.5 Å². The molecule has 3 nitrogen and oxygen atoms in total. The number of benzene rings is 1. The number of ether oxygens (including phenoxy) is 1. The van der Waals surface area contributed by atoms with E-state index in [-0.39, 0.29) is 17.5 Å². The van der Waals surface area contributed by atoms with Gasteiger partial charge in [0.1, 0.15) is 5.82 Å². The van der Waals surface area contributed by atoms with Crippen LogP contribution in [0.15, 0.2) is 24.3 Å². The molecule has 0 bridgehead atoms. The largest absolute Gasteiger partial charge is 0.380 e. The van der Waals surface area contributed by atoms with Gasteiger partial charge in [0.25, 0.3) is 0 Å². The minimum atomic E-state index is -0.431. The highest BCUT2D eigenvalue weighted by molar-refractivity contribution is 5.96. The Hall–Kier alpha value is -1.26. The molecule has 2 atom stereocenters. The molecule has 1 aromatic rings. The number of Topliss-reactive ketones (excluding diaryl/α,β-unsaturated/α-hetero) is 1. The lowest BCUT2D eigenvalue weighted by atomic mass is 9.95. The second-order valence-electron chi connectivity index (χ2n) is 5.49. The van der Waals surface area contributed by atoms with E-state index in [0.717, 1.165) is 19.5 Å². The van der Waals surface area contributed by atoms with Crippen molar-refractivity contribution in [1.82, 2.24) is 4.90 Å². The van der Waals surface area contributed by atoms with Gasteiger partial charge in [0.15, 0.2) is 5.78 Å². The minimum Gasteiger partial charge on any atom is -0.380 e. The smallest absolute Gasteiger partial charge is 0.167 e. The third-order valence-corrected chi connectivity index (χ3v) is 4.11. The number of hydrogen-bond acceptors (Lipinski definition) is 3. The Morgan fingerprint density at radius 1 is 1.45 bits per heavy atom. The van der Waals surface area contributed by atoms with Crippen molar-refractivity contribution in [2.45, 2.75) is 25.9 Å². The molecule has 0 amide bonds. The molecule has 1 fully saturated rings. The van der Waals surface area contributed by atoms with Gasteiger partial charge in [-0.15, -0.1) is 0 Å². The first-order valence-corrected chi connectivity index (χ1v) is 7.14. The van der Waals surface area contributed by atoms with E-state index < -0.39 is 5.82 Å². The van der Waals surface area contributed by atoms with Crippen molar-refractivity contribution < 1.29 is 13.9 Å². The fraction of sp³-hybridized carbons (Fsp3) is 0.562. The molecule has 4 heteroatoms. The van der Waals surface area contributed by atoms with Crippen molar-refractivity contribution >= 4 is 5.78 Å². The van der Waals surface area contributed by atoms with Crippen molar-refractivity contribution in [2.75, 3.05) is 26.7 Å². The predicted molar refractivity (Wildman–Crippen MR) is 76.4 cm³/mol. The molecule has 1 aromatic carbocycles. The summed E-state index contributed by atoms with van der Waals surface area (Å²) in [5.74, 6) is -0.00579. The van der Waals surface area contributed by atoms with Crippen LogP contribution in [0.2, 0.25) is 0 Å². The van der Waals surface area contributed by atoms with Crippen LogP contribution in [0, 0.1) is 11.7 Å². The van der Waals surface area contributed by atoms with Gasteiger partial charge in [-0.1, -0.05) is 19.1 Å². The zero-order chi connectivity index (χ0) is 14.5. The Bertz CT molecular complexity index is 464. The van der Waals surface area contributed by atoms with Gasteiger partial charge in [-0.25, -0.2) is 4.39 Å². The minimum absolute atomic E-state index is 0.129. The number of hydrogen-bond donors (Lipinski definition) is 0. The van der Waals surface area contributed by atoms with Crippen LogP contribution in [0.5, 0.6) is 0 Å². The second-order valence-corrected chi connectivity index (χ2v) is 5.49. The van der Waals surface area contributed by atoms with Crippen LogP contribution in [0.1, 0.15) is 30.1 Å². The number of likely N-dealkylation sites (tertiary alicyclic amines) is 1. The normalized spacial score (nSPS) is 23.8. The van der Waals surface area contributed by atoms with E-state index in [2.05, 4.69) is 11.8 Å². The molecule has 0 aliphatic carbocycles. The van der Waals surface area contributed by atoms with Crippen LogP contribution in [-0.2, 0) is 4.74 Å². The number of methoxy groups -OCH3 is 1. The summed E-state index contributed by atoms with van der Waals surface area (Å²) in [7, 11) is 1.73. The number of piperidine rings is 1. The Morgan fingerprint density at radius 2 is 2.20 bits per heavy atom. The molecule has 20 heavy (non-hydrogen) atoms. The quantitative estimate of drug-likeness (QED) is 0.776. The molecular weight excluding hydrogens is 257 g/mol. The summed E-state index contributed by atoms with van der Waals surface area (Å²) < 4.78 is 19.0. The molecule has 0 spiro atoms. The standard InChI is InChI=1S/C16H22FNO2/c1-12-7-9-18(11-16(12)20-2)10-8-15(19)13-5-3-4-6-14(13)17/h3-6,12,16H,7-11H2,1-2H3. The van der Waals surface area contributed by atoms with Crippen molar-refractivity contribution in [3.8, 4) is 0 Å². The first-order valence-electron chi connectivity index (χ1n) is 7.14. The van der Waals surface area contributed by atoms with Crippen molar-refractivity contribution in [2.24, 2.45) is 5.92 Å². The number of rotatable bonds is 5. The van der Waals surface area contributed by atoms with E-state index >= 15 is 0 Å². The lowest BCUT2D eigenvalue weighted by Gasteiger charge is -2.36. The molecule has 1 aliphatic heterocycles. The van der Waals surface area contributed by atoms with E-state index in [1.807, 2.05) is 0 Å². The van der Waals surface area contributed by atoms with Crippen LogP contribution in [0.3, 0.4) is 0 Å². The zero-order valence-corrected chi connectivity index (χ0v) is 12.1. The van der Waals surface area contributed by atoms with Crippen LogP contribution >= 0.6 is 0 Å². The first-order chi connectivity index (χ1) is 9.61. The maximum Gasteiger partial charge on any atom is 0.167 e. The molecule has 2 unspecified atom stereocenters. The third-order valence-electron chi connectivity index (χ3n) is 4.11. The highest BCUT2D eigenvalue weighted by Crippen LogP contribution is 2.20. The number of carbonyl (C=O) groups excluding carboxylic acids is 1. The van der Waals surface area contributed by atoms with E-state index in [1.165, 1.54) is 6.07 Å². The van der Waals surface area contributed by atoms with Gasteiger partial charge in [0.05, 0.1) is 11.7 Å². The van der Waals surface area contributed by atoms with Gasteiger partial charge in [0.2, 0.25) is 0 Å². The van der Waals surface area contributed by atoms with Crippen LogP contribution in [0.25, 0.3) is 0 Å². The number of nitrogens with zero attached hydrogens (tertiary/aromatic N) is 1. The molecule has 1 saturated heterocycles. The van der Waals surface area contributed by atoms with Gasteiger partial charge in [0, 0.05) is 26.6 Å². The Morgan fingerprint density at radius 3 is 2.90 bits per heavy atom. The summed E-state index contributed by atoms with van der Waals surface area (Å²) in [6, 6.07) is 6.17. The first kappa shape index (κ1) is 15.1. The second kappa shape index (κ2) is 6.95. The van der Waals surface area contributed by atoms with E-state index in [9.17, 15) is 9.18 Å². The summed E-state index contributed by atoms with van der Waals surface area (Å²) in [4.78, 5) is 14.3. The monoisotopic (exact) mass is 279 g/mol. The summed E-state index contributed by atoms with van der Waals surface area (Å²) in [6.45, 7) is 4.68. The molecule has 110 valence electrons. The molecule has 0 saturated carbocycles. The SMILES string of the molecule is COC1CN(CCC(=O)c2ccccc2F)CCC1C. The third kappa shape index (κ3) is 3.64. The van der Waals surface area contributed by atoms with Gasteiger partial charge >= 0.3 is 0 Å². The lowest BCUT2D eigenvalue weighted by molar-refractivity contribution is -0.00480. The van der Waals surface area contributed by atoms with Gasteiger partial charge in [-0.3, -0.25) is 4.79 Å². The molecule has 1 aliphatic rings. The summed E-state index contributed by atoms with van der Waals surface area (Å²) in [6.07, 6.45) is 1.66. The molecule has 0 aromatic heterocycles. The Labute approximate surface area is 119 Å². The number of carbonyl (C=O) groups is 1. The topological polar surface area (TPSA) is 29.5 Å². The van der Waals surface area contributed by atoms with Crippen molar-refractivity contribution in [3.63, 3.8) is 0 Å². The van der Waals surface area contributed by atoms with Gasteiger partial charge in [-0.2, -0.15) is 0 Å². The Balaban J connectivity index is 1.86. The number of halogens is 1. The average molecular weight is 279 g/mol. The lowest BCUT2D eigenvalue weighted by Crippen LogP contribution is -2.44. The summed E-state index contributed by atoms with van der Waals surface area (Å²) in [5.41, 5.74) is 0.196. The van der Waals surface area contributed by atoms with Crippen LogP contribution < -0.4 is 0 Å². The predicted octanol–water partition coefficient (Wildman–Crippen LogP) is 2.76. The fourth-order valence-corrected chi connectivity index (χ4v) is 2.69. The Kier molecular flexibility index (Phi) is 5.26. The van der Waals surface area contributed by atoms with Crippen molar-refractivity contribution in [3.05, 3.63) is 35.6 Å². The highest BCUT2D eigenvalue weighted by atomic mass is 19.1. The number of ketones is 1. The zero-order valence-electron chi connectivity index (χ0n) is 12.1. The van der Waals surface area contributed by atoms with E-state index in [1.54, 1.807) is 25.3 Å². The van der Waals surface area contributed by atoms with E-state index in [4.69, 9.17) is 4.74 Å². The average Bonchev–Trinajstić information content (AvgIpc) is 2.46. The van der Waals surface area contributed by atoms with Gasteiger partial charge < -0.3 is 9.64 Å². The van der Waals surface area contributed by atoms with Crippen molar-refractivity contribution in [1.29, 1.82) is 0 Å². The molecular formula is C16H22FNO2. The molecule has 1 heterocycles. The van der Waals surface area contributed by atoms with E-state index in [0.29, 0.717) is 18.9 Å². The molecule has 0 N–H and O–H groups in total. The van der Waals surface area contributed by atoms with Crippen LogP contribution in [0.4, 0.5) is 4.39 Å². The maximum atomic E-state index is 13.5. The molecule has 2 rings (SSSR count). The summed E-state index contributed by atoms with van der Waals surface area (Å²) in [5, 5.41) is 0. The maximum absolute atomic E-state index is 13.5. The fourth-order valence-electron chi connectivity index (χ4n) is 2.69. The molecule has 0 radical (unpaired) electrons. The summed E-state index contributed by atoms with van der Waals surface area (Å²) >= 11 is 0.